The molecule has 0 heterocycles. The molecule has 0 radical (unpaired) electrons. The highest BCUT2D eigenvalue weighted by atomic mass is 16.3. The van der Waals surface area contributed by atoms with Crippen LogP contribution in [-0.2, 0) is 9.59 Å². The Hall–Kier alpha value is -1.14. The van der Waals surface area contributed by atoms with E-state index in [1.807, 2.05) is 0 Å². The number of rotatable bonds is 8. The van der Waals surface area contributed by atoms with Crippen molar-refractivity contribution in [2.24, 2.45) is 22.7 Å². The zero-order chi connectivity index (χ0) is 21.5. The van der Waals surface area contributed by atoms with E-state index < -0.39 is 0 Å². The van der Waals surface area contributed by atoms with Gasteiger partial charge in [-0.25, -0.2) is 0 Å². The van der Waals surface area contributed by atoms with Crippen LogP contribution >= 0.6 is 0 Å². The van der Waals surface area contributed by atoms with Gasteiger partial charge in [-0.15, -0.1) is 0 Å². The van der Waals surface area contributed by atoms with Gasteiger partial charge in [0.05, 0.1) is 13.2 Å². The van der Waals surface area contributed by atoms with Crippen LogP contribution in [0.2, 0.25) is 0 Å². The lowest BCUT2D eigenvalue weighted by Gasteiger charge is -2.37. The average molecular weight is 423 g/mol. The van der Waals surface area contributed by atoms with Crippen molar-refractivity contribution in [3.63, 3.8) is 0 Å². The summed E-state index contributed by atoms with van der Waals surface area (Å²) in [5, 5.41) is 25.9. The van der Waals surface area contributed by atoms with Gasteiger partial charge in [-0.05, 0) is 51.4 Å². The van der Waals surface area contributed by atoms with E-state index in [9.17, 15) is 19.8 Å². The summed E-state index contributed by atoms with van der Waals surface area (Å²) in [5.74, 6) is 0.147. The van der Waals surface area contributed by atoms with Crippen LogP contribution in [0, 0.1) is 22.7 Å². The number of amides is 2. The SMILES string of the molecule is O=C(NCC1(CO)CCCCC1)C1CCC(C(=O)NCC2(CO)CCCCC2)CC1. The summed E-state index contributed by atoms with van der Waals surface area (Å²) in [6.45, 7) is 1.45. The highest BCUT2D eigenvalue weighted by Crippen LogP contribution is 2.37. The van der Waals surface area contributed by atoms with Crippen LogP contribution in [0.25, 0.3) is 0 Å². The molecule has 3 saturated carbocycles. The highest BCUT2D eigenvalue weighted by Gasteiger charge is 2.36. The number of hydrogen-bond acceptors (Lipinski definition) is 4. The van der Waals surface area contributed by atoms with E-state index in [4.69, 9.17) is 0 Å². The molecule has 0 aliphatic heterocycles. The molecule has 3 rings (SSSR count). The van der Waals surface area contributed by atoms with E-state index in [1.54, 1.807) is 0 Å². The van der Waals surface area contributed by atoms with Gasteiger partial charge < -0.3 is 20.8 Å². The van der Waals surface area contributed by atoms with E-state index in [1.165, 1.54) is 12.8 Å². The predicted octanol–water partition coefficient (Wildman–Crippen LogP) is 2.91. The number of carbonyl (C=O) groups excluding carboxylic acids is 2. The first-order chi connectivity index (χ1) is 14.5. The fourth-order valence-corrected chi connectivity index (χ4v) is 5.84. The second-order valence-corrected chi connectivity index (χ2v) is 10.4. The van der Waals surface area contributed by atoms with E-state index >= 15 is 0 Å². The lowest BCUT2D eigenvalue weighted by molar-refractivity contribution is -0.131. The van der Waals surface area contributed by atoms with Crippen LogP contribution in [0.1, 0.15) is 89.9 Å². The number of hydrogen-bond donors (Lipinski definition) is 4. The van der Waals surface area contributed by atoms with Gasteiger partial charge in [-0.2, -0.15) is 0 Å². The molecule has 0 aromatic heterocycles. The fourth-order valence-electron chi connectivity index (χ4n) is 5.84. The predicted molar refractivity (Wildman–Crippen MR) is 117 cm³/mol. The smallest absolute Gasteiger partial charge is 0.223 e. The fraction of sp³-hybridized carbons (Fsp3) is 0.917. The van der Waals surface area contributed by atoms with Crippen LogP contribution < -0.4 is 10.6 Å². The van der Waals surface area contributed by atoms with Crippen molar-refractivity contribution >= 4 is 11.8 Å². The van der Waals surface area contributed by atoms with E-state index in [0.717, 1.165) is 77.0 Å². The minimum atomic E-state index is -0.132. The van der Waals surface area contributed by atoms with Crippen LogP contribution in [-0.4, -0.2) is 48.3 Å². The van der Waals surface area contributed by atoms with Crippen molar-refractivity contribution < 1.29 is 19.8 Å². The third-order valence-corrected chi connectivity index (χ3v) is 8.24. The molecule has 3 fully saturated rings. The maximum absolute atomic E-state index is 12.7. The number of aliphatic hydroxyl groups excluding tert-OH is 2. The Morgan fingerprint density at radius 2 is 0.967 bits per heavy atom. The molecule has 2 amide bonds. The standard InChI is InChI=1S/C24H42N2O4/c27-17-23(11-3-1-4-12-23)15-25-21(29)19-7-9-20(10-8-19)22(30)26-16-24(18-28)13-5-2-6-14-24/h19-20,27-28H,1-18H2,(H,25,29)(H,26,30). The first-order valence-corrected chi connectivity index (χ1v) is 12.3. The molecule has 0 atom stereocenters. The molecule has 0 unspecified atom stereocenters. The van der Waals surface area contributed by atoms with Crippen molar-refractivity contribution in [3.8, 4) is 0 Å². The zero-order valence-corrected chi connectivity index (χ0v) is 18.6. The minimum absolute atomic E-state index is 0.0180. The van der Waals surface area contributed by atoms with Gasteiger partial charge >= 0.3 is 0 Å². The monoisotopic (exact) mass is 422 g/mol. The van der Waals surface area contributed by atoms with E-state index in [0.29, 0.717) is 13.1 Å². The highest BCUT2D eigenvalue weighted by molar-refractivity contribution is 5.81. The number of nitrogens with one attached hydrogen (secondary N) is 2. The van der Waals surface area contributed by atoms with Gasteiger partial charge in [-0.3, -0.25) is 9.59 Å². The van der Waals surface area contributed by atoms with E-state index in [2.05, 4.69) is 10.6 Å². The zero-order valence-electron chi connectivity index (χ0n) is 18.6. The summed E-state index contributed by atoms with van der Waals surface area (Å²) in [6.07, 6.45) is 14.0. The lowest BCUT2D eigenvalue weighted by Crippen LogP contribution is -2.45. The molecular weight excluding hydrogens is 380 g/mol. The second kappa shape index (κ2) is 10.9. The third-order valence-electron chi connectivity index (χ3n) is 8.24. The number of aliphatic hydroxyl groups is 2. The Balaban J connectivity index is 1.39. The molecule has 3 aliphatic rings. The lowest BCUT2D eigenvalue weighted by atomic mass is 9.74. The van der Waals surface area contributed by atoms with Crippen LogP contribution in [0.3, 0.4) is 0 Å². The summed E-state index contributed by atoms with van der Waals surface area (Å²) in [4.78, 5) is 25.3. The van der Waals surface area contributed by atoms with Gasteiger partial charge in [0.15, 0.2) is 0 Å². The van der Waals surface area contributed by atoms with Crippen LogP contribution in [0.4, 0.5) is 0 Å². The topological polar surface area (TPSA) is 98.7 Å². The van der Waals surface area contributed by atoms with Crippen molar-refractivity contribution in [2.75, 3.05) is 26.3 Å². The molecule has 0 spiro atoms. The van der Waals surface area contributed by atoms with Crippen molar-refractivity contribution in [2.45, 2.75) is 89.9 Å². The molecule has 3 aliphatic carbocycles. The summed E-state index contributed by atoms with van der Waals surface area (Å²) in [7, 11) is 0. The minimum Gasteiger partial charge on any atom is -0.396 e. The van der Waals surface area contributed by atoms with Gasteiger partial charge in [0.2, 0.25) is 11.8 Å². The molecule has 0 aromatic carbocycles. The van der Waals surface area contributed by atoms with Gasteiger partial charge in [0, 0.05) is 35.8 Å². The Morgan fingerprint density at radius 3 is 1.27 bits per heavy atom. The normalized spacial score (nSPS) is 28.5. The van der Waals surface area contributed by atoms with Crippen molar-refractivity contribution in [1.82, 2.24) is 10.6 Å². The second-order valence-electron chi connectivity index (χ2n) is 10.4. The summed E-state index contributed by atoms with van der Waals surface area (Å²) in [6, 6.07) is 0. The molecule has 30 heavy (non-hydrogen) atoms. The van der Waals surface area contributed by atoms with E-state index in [-0.39, 0.29) is 47.7 Å². The molecule has 6 nitrogen and oxygen atoms in total. The molecule has 0 bridgehead atoms. The van der Waals surface area contributed by atoms with Gasteiger partial charge in [0.25, 0.3) is 0 Å². The van der Waals surface area contributed by atoms with Crippen LogP contribution in [0.5, 0.6) is 0 Å². The first-order valence-electron chi connectivity index (χ1n) is 12.3. The van der Waals surface area contributed by atoms with Gasteiger partial charge in [-0.1, -0.05) is 38.5 Å². The summed E-state index contributed by atoms with van der Waals surface area (Å²) in [5.41, 5.74) is -0.264. The molecule has 172 valence electrons. The van der Waals surface area contributed by atoms with Gasteiger partial charge in [0.1, 0.15) is 0 Å². The Labute approximate surface area is 181 Å². The van der Waals surface area contributed by atoms with Crippen LogP contribution in [0.15, 0.2) is 0 Å². The maximum Gasteiger partial charge on any atom is 0.223 e. The summed E-state index contributed by atoms with van der Waals surface area (Å²) < 4.78 is 0. The molecule has 0 saturated heterocycles. The number of carbonyl (C=O) groups is 2. The average Bonchev–Trinajstić information content (AvgIpc) is 2.82. The Morgan fingerprint density at radius 1 is 0.633 bits per heavy atom. The Bertz CT molecular complexity index is 510. The molecule has 4 N–H and O–H groups in total. The largest absolute Gasteiger partial charge is 0.396 e. The molecular formula is C24H42N2O4. The molecule has 6 heteroatoms. The summed E-state index contributed by atoms with van der Waals surface area (Å²) >= 11 is 0. The Kier molecular flexibility index (Phi) is 8.58. The van der Waals surface area contributed by atoms with Crippen molar-refractivity contribution in [3.05, 3.63) is 0 Å². The maximum atomic E-state index is 12.7. The third kappa shape index (κ3) is 5.97. The van der Waals surface area contributed by atoms with Crippen molar-refractivity contribution in [1.29, 1.82) is 0 Å². The first kappa shape index (κ1) is 23.5. The molecule has 0 aromatic rings. The quantitative estimate of drug-likeness (QED) is 0.483.